The van der Waals surface area contributed by atoms with Gasteiger partial charge in [0.2, 0.25) is 0 Å². The van der Waals surface area contributed by atoms with Gasteiger partial charge >= 0.3 is 5.97 Å². The number of carbonyl (C=O) groups excluding carboxylic acids is 1. The van der Waals surface area contributed by atoms with E-state index in [-0.39, 0.29) is 12.5 Å². The van der Waals surface area contributed by atoms with E-state index in [0.29, 0.717) is 18.7 Å². The topological polar surface area (TPSA) is 73.7 Å². The number of hydrogen-bond donors (Lipinski definition) is 1. The fourth-order valence-corrected chi connectivity index (χ4v) is 3.41. The van der Waals surface area contributed by atoms with E-state index >= 15 is 0 Å². The average molecular weight is 345 g/mol. The Morgan fingerprint density at radius 2 is 1.96 bits per heavy atom. The highest BCUT2D eigenvalue weighted by atomic mass is 32.1. The maximum absolute atomic E-state index is 12.6. The maximum atomic E-state index is 12.6. The summed E-state index contributed by atoms with van der Waals surface area (Å²) < 4.78 is 0. The lowest BCUT2D eigenvalue weighted by atomic mass is 10.1. The van der Waals surface area contributed by atoms with Crippen molar-refractivity contribution in [1.82, 2.24) is 14.8 Å². The molecule has 2 heterocycles. The van der Waals surface area contributed by atoms with Crippen molar-refractivity contribution in [3.63, 3.8) is 0 Å². The number of benzene rings is 1. The summed E-state index contributed by atoms with van der Waals surface area (Å²) >= 11 is 1.59. The fraction of sp³-hybridized carbons (Fsp3) is 0.353. The van der Waals surface area contributed by atoms with Crippen molar-refractivity contribution in [2.75, 3.05) is 26.7 Å². The van der Waals surface area contributed by atoms with Gasteiger partial charge in [0.15, 0.2) is 0 Å². The number of thiazole rings is 1. The Hall–Kier alpha value is -2.25. The van der Waals surface area contributed by atoms with Gasteiger partial charge in [-0.3, -0.25) is 14.5 Å². The van der Waals surface area contributed by atoms with Crippen molar-refractivity contribution < 1.29 is 14.7 Å². The van der Waals surface area contributed by atoms with Gasteiger partial charge in [0.25, 0.3) is 5.91 Å². The van der Waals surface area contributed by atoms with E-state index in [4.69, 9.17) is 0 Å². The Kier molecular flexibility index (Phi) is 4.64. The average Bonchev–Trinajstić information content (AvgIpc) is 3.01. The molecule has 1 aromatic heterocycles. The van der Waals surface area contributed by atoms with Gasteiger partial charge in [-0.25, -0.2) is 4.98 Å². The standard InChI is InChI=1S/C17H19N3O3S/c1-11-18-14(10-24-11)12-3-5-13(6-4-12)16(21)20-8-7-19(2)15(9-20)17(22)23/h3-6,10,15H,7-9H2,1-2H3,(H,22,23). The number of rotatable bonds is 3. The second-order valence-corrected chi connectivity index (χ2v) is 6.98. The molecule has 126 valence electrons. The minimum absolute atomic E-state index is 0.129. The van der Waals surface area contributed by atoms with E-state index in [2.05, 4.69) is 4.98 Å². The number of aromatic nitrogens is 1. The number of likely N-dealkylation sites (N-methyl/N-ethyl adjacent to an activating group) is 1. The number of aryl methyl sites for hydroxylation is 1. The van der Waals surface area contributed by atoms with Crippen LogP contribution < -0.4 is 0 Å². The molecule has 24 heavy (non-hydrogen) atoms. The SMILES string of the molecule is Cc1nc(-c2ccc(C(=O)N3CCN(C)C(C(=O)O)C3)cc2)cs1. The smallest absolute Gasteiger partial charge is 0.322 e. The Bertz CT molecular complexity index is 757. The van der Waals surface area contributed by atoms with Crippen LogP contribution in [0.3, 0.4) is 0 Å². The number of piperazine rings is 1. The van der Waals surface area contributed by atoms with Crippen LogP contribution in [0.2, 0.25) is 0 Å². The molecule has 1 aliphatic rings. The Labute approximate surface area is 144 Å². The monoisotopic (exact) mass is 345 g/mol. The highest BCUT2D eigenvalue weighted by molar-refractivity contribution is 7.09. The first-order chi connectivity index (χ1) is 11.5. The Balaban J connectivity index is 1.74. The lowest BCUT2D eigenvalue weighted by Crippen LogP contribution is -2.56. The van der Waals surface area contributed by atoms with Gasteiger partial charge in [0.05, 0.1) is 10.7 Å². The van der Waals surface area contributed by atoms with E-state index in [0.717, 1.165) is 16.3 Å². The van der Waals surface area contributed by atoms with Gasteiger partial charge in [-0.1, -0.05) is 12.1 Å². The number of nitrogens with zero attached hydrogens (tertiary/aromatic N) is 3. The van der Waals surface area contributed by atoms with Crippen LogP contribution in [-0.2, 0) is 4.79 Å². The van der Waals surface area contributed by atoms with Crippen LogP contribution in [0.4, 0.5) is 0 Å². The first kappa shape index (κ1) is 16.6. The van der Waals surface area contributed by atoms with Gasteiger partial charge in [-0.2, -0.15) is 0 Å². The molecule has 0 bridgehead atoms. The number of amides is 1. The molecule has 0 spiro atoms. The van der Waals surface area contributed by atoms with Gasteiger partial charge in [0, 0.05) is 36.1 Å². The molecule has 0 aliphatic carbocycles. The number of carboxylic acid groups (broad SMARTS) is 1. The molecule has 1 atom stereocenters. The quantitative estimate of drug-likeness (QED) is 0.920. The molecule has 1 unspecified atom stereocenters. The summed E-state index contributed by atoms with van der Waals surface area (Å²) in [6.45, 7) is 3.25. The largest absolute Gasteiger partial charge is 0.480 e. The van der Waals surface area contributed by atoms with Gasteiger partial charge in [-0.05, 0) is 26.1 Å². The summed E-state index contributed by atoms with van der Waals surface area (Å²) in [7, 11) is 1.77. The molecule has 0 radical (unpaired) electrons. The van der Waals surface area contributed by atoms with Crippen molar-refractivity contribution >= 4 is 23.2 Å². The van der Waals surface area contributed by atoms with E-state index in [1.54, 1.807) is 40.3 Å². The second kappa shape index (κ2) is 6.70. The summed E-state index contributed by atoms with van der Waals surface area (Å²) in [6.07, 6.45) is 0. The molecule has 1 N–H and O–H groups in total. The molecule has 1 fully saturated rings. The third-order valence-corrected chi connectivity index (χ3v) is 5.04. The molecule has 1 aliphatic heterocycles. The van der Waals surface area contributed by atoms with Crippen molar-refractivity contribution in [2.45, 2.75) is 13.0 Å². The van der Waals surface area contributed by atoms with Crippen LogP contribution in [0.1, 0.15) is 15.4 Å². The molecular formula is C17H19N3O3S. The van der Waals surface area contributed by atoms with Crippen LogP contribution >= 0.6 is 11.3 Å². The first-order valence-electron chi connectivity index (χ1n) is 7.70. The summed E-state index contributed by atoms with van der Waals surface area (Å²) in [5.74, 6) is -1.03. The first-order valence-corrected chi connectivity index (χ1v) is 8.58. The van der Waals surface area contributed by atoms with Crippen molar-refractivity contribution in [2.24, 2.45) is 0 Å². The lowest BCUT2D eigenvalue weighted by molar-refractivity contribution is -0.144. The zero-order valence-corrected chi connectivity index (χ0v) is 14.4. The van der Waals surface area contributed by atoms with Crippen LogP contribution in [0.5, 0.6) is 0 Å². The number of carboxylic acids is 1. The third kappa shape index (κ3) is 3.32. The number of aliphatic carboxylic acids is 1. The zero-order valence-electron chi connectivity index (χ0n) is 13.6. The minimum Gasteiger partial charge on any atom is -0.480 e. The normalized spacial score (nSPS) is 18.6. The molecule has 7 heteroatoms. The molecule has 1 amide bonds. The highest BCUT2D eigenvalue weighted by Crippen LogP contribution is 2.22. The van der Waals surface area contributed by atoms with Crippen LogP contribution in [0.25, 0.3) is 11.3 Å². The zero-order chi connectivity index (χ0) is 17.3. The maximum Gasteiger partial charge on any atom is 0.322 e. The van der Waals surface area contributed by atoms with Gasteiger partial charge in [-0.15, -0.1) is 11.3 Å². The van der Waals surface area contributed by atoms with Gasteiger partial charge in [0.1, 0.15) is 6.04 Å². The van der Waals surface area contributed by atoms with E-state index < -0.39 is 12.0 Å². The Morgan fingerprint density at radius 1 is 1.25 bits per heavy atom. The van der Waals surface area contributed by atoms with Crippen LogP contribution in [0.15, 0.2) is 29.6 Å². The van der Waals surface area contributed by atoms with Crippen LogP contribution in [-0.4, -0.2) is 64.5 Å². The highest BCUT2D eigenvalue weighted by Gasteiger charge is 2.32. The molecule has 2 aromatic rings. The molecular weight excluding hydrogens is 326 g/mol. The summed E-state index contributed by atoms with van der Waals surface area (Å²) in [5.41, 5.74) is 2.44. The van der Waals surface area contributed by atoms with Crippen molar-refractivity contribution in [3.8, 4) is 11.3 Å². The minimum atomic E-state index is -0.899. The summed E-state index contributed by atoms with van der Waals surface area (Å²) in [4.78, 5) is 31.7. The fourth-order valence-electron chi connectivity index (χ4n) is 2.79. The number of carbonyl (C=O) groups is 2. The van der Waals surface area contributed by atoms with Crippen LogP contribution in [0, 0.1) is 6.92 Å². The van der Waals surface area contributed by atoms with Gasteiger partial charge < -0.3 is 10.0 Å². The molecule has 1 saturated heterocycles. The predicted molar refractivity (Wildman–Crippen MR) is 92.2 cm³/mol. The number of hydrogen-bond acceptors (Lipinski definition) is 5. The molecule has 3 rings (SSSR count). The summed E-state index contributed by atoms with van der Waals surface area (Å²) in [5, 5.41) is 12.2. The lowest BCUT2D eigenvalue weighted by Gasteiger charge is -2.37. The molecule has 0 saturated carbocycles. The van der Waals surface area contributed by atoms with Crippen molar-refractivity contribution in [3.05, 3.63) is 40.2 Å². The van der Waals surface area contributed by atoms with Crippen molar-refractivity contribution in [1.29, 1.82) is 0 Å². The molecule has 6 nitrogen and oxygen atoms in total. The second-order valence-electron chi connectivity index (χ2n) is 5.91. The predicted octanol–water partition coefficient (Wildman–Crippen LogP) is 1.96. The molecule has 1 aromatic carbocycles. The van der Waals surface area contributed by atoms with E-state index in [1.807, 2.05) is 24.4 Å². The van der Waals surface area contributed by atoms with E-state index in [9.17, 15) is 14.7 Å². The summed E-state index contributed by atoms with van der Waals surface area (Å²) in [6, 6.07) is 6.67. The van der Waals surface area contributed by atoms with E-state index in [1.165, 1.54) is 0 Å². The third-order valence-electron chi connectivity index (χ3n) is 4.27. The Morgan fingerprint density at radius 3 is 2.54 bits per heavy atom.